The Balaban J connectivity index is 1.85. The van der Waals surface area contributed by atoms with Gasteiger partial charge in [-0.25, -0.2) is 0 Å². The first-order chi connectivity index (χ1) is 16.2. The fourth-order valence-electron chi connectivity index (χ4n) is 4.80. The van der Waals surface area contributed by atoms with Gasteiger partial charge in [0.2, 0.25) is 5.91 Å². The van der Waals surface area contributed by atoms with Crippen LogP contribution in [-0.4, -0.2) is 44.5 Å². The van der Waals surface area contributed by atoms with E-state index in [9.17, 15) is 17.8 Å². The summed E-state index contributed by atoms with van der Waals surface area (Å²) >= 11 is 0. The Kier molecular flexibility index (Phi) is 6.79. The molecule has 1 unspecified atom stereocenters. The molecule has 1 heterocycles. The molecule has 0 spiro atoms. The molecular formula is C25H28N2O6S. The average Bonchev–Trinajstić information content (AvgIpc) is 2.82. The Morgan fingerprint density at radius 2 is 1.76 bits per heavy atom. The van der Waals surface area contributed by atoms with Gasteiger partial charge in [0.1, 0.15) is 0 Å². The molecule has 3 aromatic carbocycles. The Labute approximate surface area is 199 Å². The molecule has 0 aromatic heterocycles. The number of ether oxygens (including phenoxy) is 2. The fraction of sp³-hybridized carbons (Fsp3) is 0.320. The molecule has 0 saturated heterocycles. The molecular weight excluding hydrogens is 456 g/mol. The number of carbonyl (C=O) groups is 1. The number of nitrogens with zero attached hydrogens (tertiary/aromatic N) is 1. The normalized spacial score (nSPS) is 15.0. The summed E-state index contributed by atoms with van der Waals surface area (Å²) in [5.74, 6) is 0.797. The van der Waals surface area contributed by atoms with E-state index >= 15 is 0 Å². The van der Waals surface area contributed by atoms with Crippen molar-refractivity contribution in [1.29, 1.82) is 0 Å². The predicted octanol–water partition coefficient (Wildman–Crippen LogP) is 3.47. The van der Waals surface area contributed by atoms with Crippen LogP contribution in [0, 0.1) is 0 Å². The molecule has 0 saturated carbocycles. The van der Waals surface area contributed by atoms with Crippen molar-refractivity contribution in [3.63, 3.8) is 0 Å². The van der Waals surface area contributed by atoms with Gasteiger partial charge in [-0.3, -0.25) is 14.2 Å². The lowest BCUT2D eigenvalue weighted by Crippen LogP contribution is -2.35. The maximum atomic E-state index is 12.4. The van der Waals surface area contributed by atoms with Crippen molar-refractivity contribution >= 4 is 26.8 Å². The van der Waals surface area contributed by atoms with E-state index in [0.29, 0.717) is 48.4 Å². The maximum Gasteiger partial charge on any atom is 0.294 e. The second-order valence-corrected chi connectivity index (χ2v) is 9.78. The van der Waals surface area contributed by atoms with E-state index in [0.717, 1.165) is 16.5 Å². The molecule has 180 valence electrons. The van der Waals surface area contributed by atoms with Crippen molar-refractivity contribution in [2.75, 3.05) is 20.8 Å². The SMILES string of the molecule is COc1cc2c(cc1OC)CN(C(CCC(N)=O)c1c(S(=O)(=O)O)ccc3ccccc13)CC2. The number of amides is 1. The van der Waals surface area contributed by atoms with Crippen LogP contribution in [-0.2, 0) is 27.9 Å². The lowest BCUT2D eigenvalue weighted by Gasteiger charge is -2.37. The van der Waals surface area contributed by atoms with Gasteiger partial charge >= 0.3 is 0 Å². The Bertz CT molecular complexity index is 1340. The van der Waals surface area contributed by atoms with Gasteiger partial charge in [0, 0.05) is 25.6 Å². The highest BCUT2D eigenvalue weighted by atomic mass is 32.2. The van der Waals surface area contributed by atoms with Crippen LogP contribution in [0.15, 0.2) is 53.4 Å². The molecule has 1 atom stereocenters. The Morgan fingerprint density at radius 3 is 2.41 bits per heavy atom. The number of nitrogens with two attached hydrogens (primary N) is 1. The van der Waals surface area contributed by atoms with Crippen LogP contribution in [0.5, 0.6) is 11.5 Å². The van der Waals surface area contributed by atoms with E-state index in [4.69, 9.17) is 15.2 Å². The van der Waals surface area contributed by atoms with Crippen LogP contribution in [0.4, 0.5) is 0 Å². The maximum absolute atomic E-state index is 12.4. The van der Waals surface area contributed by atoms with Gasteiger partial charge in [-0.15, -0.1) is 0 Å². The summed E-state index contributed by atoms with van der Waals surface area (Å²) in [4.78, 5) is 13.7. The van der Waals surface area contributed by atoms with Crippen LogP contribution in [0.2, 0.25) is 0 Å². The molecule has 0 radical (unpaired) electrons. The van der Waals surface area contributed by atoms with Crippen molar-refractivity contribution in [3.8, 4) is 11.5 Å². The molecule has 4 rings (SSSR count). The summed E-state index contributed by atoms with van der Waals surface area (Å²) in [5.41, 5.74) is 8.10. The zero-order valence-electron chi connectivity index (χ0n) is 19.2. The van der Waals surface area contributed by atoms with Crippen molar-refractivity contribution in [3.05, 3.63) is 65.2 Å². The van der Waals surface area contributed by atoms with Gasteiger partial charge in [-0.05, 0) is 58.5 Å². The molecule has 1 amide bonds. The van der Waals surface area contributed by atoms with E-state index in [-0.39, 0.29) is 11.3 Å². The average molecular weight is 485 g/mol. The number of fused-ring (bicyclic) bond motifs is 2. The number of primary amides is 1. The number of hydrogen-bond acceptors (Lipinski definition) is 6. The smallest absolute Gasteiger partial charge is 0.294 e. The first-order valence-corrected chi connectivity index (χ1v) is 12.4. The fourth-order valence-corrected chi connectivity index (χ4v) is 5.57. The van der Waals surface area contributed by atoms with Gasteiger partial charge in [0.05, 0.1) is 19.1 Å². The number of rotatable bonds is 8. The van der Waals surface area contributed by atoms with Crippen molar-refractivity contribution in [2.45, 2.75) is 36.7 Å². The van der Waals surface area contributed by atoms with Crippen LogP contribution < -0.4 is 15.2 Å². The van der Waals surface area contributed by atoms with Crippen molar-refractivity contribution < 1.29 is 27.2 Å². The number of carbonyl (C=O) groups excluding carboxylic acids is 1. The summed E-state index contributed by atoms with van der Waals surface area (Å²) in [5, 5.41) is 1.56. The predicted molar refractivity (Wildman–Crippen MR) is 129 cm³/mol. The lowest BCUT2D eigenvalue weighted by molar-refractivity contribution is -0.118. The summed E-state index contributed by atoms with van der Waals surface area (Å²) in [6, 6.07) is 14.0. The van der Waals surface area contributed by atoms with Crippen molar-refractivity contribution in [2.24, 2.45) is 5.73 Å². The molecule has 0 fully saturated rings. The third-order valence-electron chi connectivity index (χ3n) is 6.39. The summed E-state index contributed by atoms with van der Waals surface area (Å²) in [6.07, 6.45) is 1.09. The van der Waals surface area contributed by atoms with Crippen molar-refractivity contribution in [1.82, 2.24) is 4.90 Å². The number of hydrogen-bond donors (Lipinski definition) is 2. The van der Waals surface area contributed by atoms with Gasteiger partial charge in [0.25, 0.3) is 10.1 Å². The van der Waals surface area contributed by atoms with Crippen LogP contribution in [0.1, 0.15) is 35.6 Å². The minimum Gasteiger partial charge on any atom is -0.493 e. The zero-order valence-corrected chi connectivity index (χ0v) is 20.0. The van der Waals surface area contributed by atoms with Crippen LogP contribution >= 0.6 is 0 Å². The van der Waals surface area contributed by atoms with Gasteiger partial charge in [-0.1, -0.05) is 30.3 Å². The molecule has 1 aliphatic heterocycles. The molecule has 9 heteroatoms. The van der Waals surface area contributed by atoms with Gasteiger partial charge in [0.15, 0.2) is 11.5 Å². The molecule has 0 bridgehead atoms. The molecule has 3 N–H and O–H groups in total. The molecule has 0 aliphatic carbocycles. The quantitative estimate of drug-likeness (QED) is 0.470. The largest absolute Gasteiger partial charge is 0.493 e. The zero-order chi connectivity index (χ0) is 24.5. The standard InChI is InChI=1S/C25H28N2O6S/c1-32-21-13-17-11-12-27(15-18(17)14-22(21)33-2)20(8-10-24(26)28)25-19-6-4-3-5-16(19)7-9-23(25)34(29,30)31/h3-7,9,13-14,20H,8,10-12,15H2,1-2H3,(H2,26,28)(H,29,30,31). The minimum absolute atomic E-state index is 0.0775. The van der Waals surface area contributed by atoms with Crippen LogP contribution in [0.25, 0.3) is 10.8 Å². The Morgan fingerprint density at radius 1 is 1.09 bits per heavy atom. The molecule has 3 aromatic rings. The summed E-state index contributed by atoms with van der Waals surface area (Å²) in [7, 11) is -1.33. The topological polar surface area (TPSA) is 119 Å². The second kappa shape index (κ2) is 9.61. The van der Waals surface area contributed by atoms with E-state index in [2.05, 4.69) is 4.90 Å². The third-order valence-corrected chi connectivity index (χ3v) is 7.31. The van der Waals surface area contributed by atoms with Gasteiger partial charge in [-0.2, -0.15) is 8.42 Å². The minimum atomic E-state index is -4.51. The number of methoxy groups -OCH3 is 2. The monoisotopic (exact) mass is 484 g/mol. The van der Waals surface area contributed by atoms with E-state index < -0.39 is 22.1 Å². The molecule has 1 aliphatic rings. The van der Waals surface area contributed by atoms with Gasteiger partial charge < -0.3 is 15.2 Å². The lowest BCUT2D eigenvalue weighted by atomic mass is 9.91. The van der Waals surface area contributed by atoms with E-state index in [1.165, 1.54) is 6.07 Å². The first-order valence-electron chi connectivity index (χ1n) is 11.0. The second-order valence-electron chi connectivity index (χ2n) is 8.39. The first kappa shape index (κ1) is 24.0. The third kappa shape index (κ3) is 4.72. The van der Waals surface area contributed by atoms with E-state index in [1.807, 2.05) is 36.4 Å². The summed E-state index contributed by atoms with van der Waals surface area (Å²) < 4.78 is 45.7. The highest BCUT2D eigenvalue weighted by Crippen LogP contribution is 2.40. The highest BCUT2D eigenvalue weighted by molar-refractivity contribution is 7.85. The molecule has 8 nitrogen and oxygen atoms in total. The molecule has 34 heavy (non-hydrogen) atoms. The summed E-state index contributed by atoms with van der Waals surface area (Å²) in [6.45, 7) is 1.13. The Hall–Kier alpha value is -3.14. The number of benzene rings is 3. The van der Waals surface area contributed by atoms with Crippen LogP contribution in [0.3, 0.4) is 0 Å². The highest BCUT2D eigenvalue weighted by Gasteiger charge is 2.31. The van der Waals surface area contributed by atoms with E-state index in [1.54, 1.807) is 20.3 Å².